The van der Waals surface area contributed by atoms with Gasteiger partial charge in [0, 0.05) is 18.3 Å². The number of alkyl halides is 3. The summed E-state index contributed by atoms with van der Waals surface area (Å²) < 4.78 is 81.3. The molecule has 1 aromatic carbocycles. The molecule has 0 aliphatic heterocycles. The summed E-state index contributed by atoms with van der Waals surface area (Å²) in [6.45, 7) is 1.04. The molecule has 0 radical (unpaired) electrons. The Morgan fingerprint density at radius 3 is 2.23 bits per heavy atom. The van der Waals surface area contributed by atoms with Gasteiger partial charge in [-0.2, -0.15) is 17.9 Å². The minimum atomic E-state index is -4.99. The second-order valence-electron chi connectivity index (χ2n) is 5.50. The van der Waals surface area contributed by atoms with Gasteiger partial charge in [-0.1, -0.05) is 23.7 Å². The monoisotopic (exact) mass is 412 g/mol. The Labute approximate surface area is 151 Å². The molecule has 0 spiro atoms. The zero-order valence-corrected chi connectivity index (χ0v) is 15.0. The summed E-state index contributed by atoms with van der Waals surface area (Å²) >= 11 is 5.63. The van der Waals surface area contributed by atoms with Crippen LogP contribution in [-0.2, 0) is 17.1 Å². The molecule has 0 bridgehead atoms. The second-order valence-corrected chi connectivity index (χ2v) is 7.61. The molecule has 0 fully saturated rings. The van der Waals surface area contributed by atoms with Gasteiger partial charge in [0.25, 0.3) is 5.56 Å². The van der Waals surface area contributed by atoms with Gasteiger partial charge in [-0.15, -0.1) is 0 Å². The summed E-state index contributed by atoms with van der Waals surface area (Å²) in [7, 11) is -3.77. The Kier molecular flexibility index (Phi) is 5.50. The first-order valence-electron chi connectivity index (χ1n) is 7.05. The first-order chi connectivity index (χ1) is 11.8. The van der Waals surface area contributed by atoms with E-state index in [4.69, 9.17) is 11.6 Å². The fourth-order valence-electron chi connectivity index (χ4n) is 2.22. The molecule has 0 saturated carbocycles. The van der Waals surface area contributed by atoms with Crippen molar-refractivity contribution in [2.45, 2.75) is 24.0 Å². The Hall–Kier alpha value is -1.91. The molecule has 5 nitrogen and oxygen atoms in total. The molecule has 0 aliphatic rings. The van der Waals surface area contributed by atoms with Crippen LogP contribution < -0.4 is 10.3 Å². The lowest BCUT2D eigenvalue weighted by Crippen LogP contribution is -2.39. The molecular weight excluding hydrogens is 400 g/mol. The number of pyridine rings is 1. The summed E-state index contributed by atoms with van der Waals surface area (Å²) in [4.78, 5) is 10.6. The number of rotatable bonds is 4. The van der Waals surface area contributed by atoms with E-state index >= 15 is 0 Å². The van der Waals surface area contributed by atoms with Crippen molar-refractivity contribution in [2.75, 3.05) is 0 Å². The highest BCUT2D eigenvalue weighted by Gasteiger charge is 2.44. The van der Waals surface area contributed by atoms with Crippen LogP contribution in [0.2, 0.25) is 5.02 Å². The second kappa shape index (κ2) is 7.01. The van der Waals surface area contributed by atoms with Crippen LogP contribution in [-0.4, -0.2) is 19.2 Å². The summed E-state index contributed by atoms with van der Waals surface area (Å²) in [5, 5.41) is 0.164. The minimum absolute atomic E-state index is 0.164. The van der Waals surface area contributed by atoms with Crippen molar-refractivity contribution in [1.29, 1.82) is 0 Å². The maximum Gasteiger partial charge on any atom is 0.408 e. The smallest absolute Gasteiger partial charge is 0.317 e. The first kappa shape index (κ1) is 20.4. The van der Waals surface area contributed by atoms with Gasteiger partial charge in [-0.05, 0) is 24.6 Å². The molecule has 0 aliphatic carbocycles. The van der Waals surface area contributed by atoms with E-state index in [0.29, 0.717) is 6.20 Å². The van der Waals surface area contributed by atoms with Gasteiger partial charge in [0.05, 0.1) is 5.56 Å². The maximum absolute atomic E-state index is 14.2. The van der Waals surface area contributed by atoms with E-state index in [1.807, 2.05) is 0 Å². The molecule has 0 amide bonds. The van der Waals surface area contributed by atoms with Crippen molar-refractivity contribution in [3.05, 3.63) is 62.8 Å². The average Bonchev–Trinajstić information content (AvgIpc) is 2.54. The van der Waals surface area contributed by atoms with Crippen molar-refractivity contribution < 1.29 is 26.0 Å². The van der Waals surface area contributed by atoms with Crippen molar-refractivity contribution in [3.8, 4) is 0 Å². The number of benzene rings is 1. The van der Waals surface area contributed by atoms with E-state index in [0.717, 1.165) is 30.7 Å². The number of aryl methyl sites for hydroxylation is 1. The number of hydrogen-bond acceptors (Lipinski definition) is 3. The van der Waals surface area contributed by atoms with Crippen molar-refractivity contribution in [2.24, 2.45) is 7.05 Å². The summed E-state index contributed by atoms with van der Waals surface area (Å²) in [5.74, 6) is -1.40. The molecule has 2 rings (SSSR count). The predicted molar refractivity (Wildman–Crippen MR) is 86.9 cm³/mol. The first-order valence-corrected chi connectivity index (χ1v) is 8.91. The Bertz CT molecular complexity index is 986. The van der Waals surface area contributed by atoms with Crippen molar-refractivity contribution >= 4 is 21.6 Å². The van der Waals surface area contributed by atoms with E-state index < -0.39 is 49.6 Å². The van der Waals surface area contributed by atoms with Gasteiger partial charge < -0.3 is 4.57 Å². The summed E-state index contributed by atoms with van der Waals surface area (Å²) in [6, 6.07) is 1.72. The predicted octanol–water partition coefficient (Wildman–Crippen LogP) is 3.07. The largest absolute Gasteiger partial charge is 0.408 e. The van der Waals surface area contributed by atoms with E-state index in [-0.39, 0.29) is 5.02 Å². The van der Waals surface area contributed by atoms with Crippen LogP contribution in [0.5, 0.6) is 0 Å². The summed E-state index contributed by atoms with van der Waals surface area (Å²) in [6.07, 6.45) is -4.37. The molecule has 1 heterocycles. The normalized spacial score (nSPS) is 13.7. The molecule has 11 heteroatoms. The molecule has 142 valence electrons. The van der Waals surface area contributed by atoms with Gasteiger partial charge in [-0.25, -0.2) is 12.8 Å². The standard InChI is InChI=1S/C15H13ClF4N2O3S/c1-8-12(17)11(7-22(2)14(8)23)26(24,25)21-13(15(18,19)20)9-3-5-10(16)6-4-9/h3-7,13,21H,1-2H3/t13-/m1/s1. The molecule has 26 heavy (non-hydrogen) atoms. The Morgan fingerprint density at radius 2 is 1.73 bits per heavy atom. The van der Waals surface area contributed by atoms with Gasteiger partial charge in [0.15, 0.2) is 5.82 Å². The summed E-state index contributed by atoms with van der Waals surface area (Å²) in [5.41, 5.74) is -1.75. The lowest BCUT2D eigenvalue weighted by molar-refractivity contribution is -0.153. The van der Waals surface area contributed by atoms with Gasteiger partial charge in [0.1, 0.15) is 10.9 Å². The van der Waals surface area contributed by atoms with E-state index in [9.17, 15) is 30.8 Å². The molecule has 0 unspecified atom stereocenters. The SMILES string of the molecule is Cc1c(F)c(S(=O)(=O)N[C@H](c2ccc(Cl)cc2)C(F)(F)F)cn(C)c1=O. The van der Waals surface area contributed by atoms with Crippen molar-refractivity contribution in [1.82, 2.24) is 9.29 Å². The number of nitrogens with one attached hydrogen (secondary N) is 1. The molecule has 1 atom stereocenters. The third kappa shape index (κ3) is 4.08. The lowest BCUT2D eigenvalue weighted by Gasteiger charge is -2.22. The Morgan fingerprint density at radius 1 is 1.19 bits per heavy atom. The zero-order chi connectivity index (χ0) is 19.9. The van der Waals surface area contributed by atoms with Crippen LogP contribution in [0, 0.1) is 12.7 Å². The third-order valence-corrected chi connectivity index (χ3v) is 5.25. The molecule has 1 N–H and O–H groups in total. The van der Waals surface area contributed by atoms with Crippen LogP contribution in [0.4, 0.5) is 17.6 Å². The third-order valence-electron chi connectivity index (χ3n) is 3.59. The fourth-order valence-corrected chi connectivity index (χ4v) is 3.74. The van der Waals surface area contributed by atoms with E-state index in [2.05, 4.69) is 0 Å². The number of sulfonamides is 1. The Balaban J connectivity index is 2.55. The molecule has 2 aromatic rings. The molecule has 1 aromatic heterocycles. The van der Waals surface area contributed by atoms with Crippen LogP contribution in [0.1, 0.15) is 17.2 Å². The highest BCUT2D eigenvalue weighted by atomic mass is 35.5. The number of nitrogens with zero attached hydrogens (tertiary/aromatic N) is 1. The maximum atomic E-state index is 14.2. The van der Waals surface area contributed by atoms with Gasteiger partial charge >= 0.3 is 6.18 Å². The van der Waals surface area contributed by atoms with E-state index in [1.54, 1.807) is 0 Å². The highest BCUT2D eigenvalue weighted by Crippen LogP contribution is 2.34. The van der Waals surface area contributed by atoms with Crippen LogP contribution in [0.25, 0.3) is 0 Å². The van der Waals surface area contributed by atoms with Crippen LogP contribution >= 0.6 is 11.6 Å². The topological polar surface area (TPSA) is 68.2 Å². The molecule has 0 saturated heterocycles. The zero-order valence-electron chi connectivity index (χ0n) is 13.4. The van der Waals surface area contributed by atoms with Crippen molar-refractivity contribution in [3.63, 3.8) is 0 Å². The average molecular weight is 413 g/mol. The lowest BCUT2D eigenvalue weighted by atomic mass is 10.1. The van der Waals surface area contributed by atoms with Gasteiger partial charge in [-0.3, -0.25) is 4.79 Å². The minimum Gasteiger partial charge on any atom is -0.317 e. The van der Waals surface area contributed by atoms with Gasteiger partial charge in [0.2, 0.25) is 10.0 Å². The number of aromatic nitrogens is 1. The molecular formula is C15H13ClF4N2O3S. The fraction of sp³-hybridized carbons (Fsp3) is 0.267. The quantitative estimate of drug-likeness (QED) is 0.785. The van der Waals surface area contributed by atoms with E-state index in [1.165, 1.54) is 16.9 Å². The number of halogens is 5. The van der Waals surface area contributed by atoms with Crippen LogP contribution in [0.3, 0.4) is 0 Å². The number of hydrogen-bond donors (Lipinski definition) is 1. The highest BCUT2D eigenvalue weighted by molar-refractivity contribution is 7.89. The van der Waals surface area contributed by atoms with Crippen LogP contribution in [0.15, 0.2) is 40.2 Å².